The van der Waals surface area contributed by atoms with E-state index in [1.807, 2.05) is 30.1 Å². The Hall–Kier alpha value is -1.84. The highest BCUT2D eigenvalue weighted by Crippen LogP contribution is 2.29. The number of halogens is 1. The zero-order valence-electron chi connectivity index (χ0n) is 15.2. The van der Waals surface area contributed by atoms with Crippen molar-refractivity contribution < 1.29 is 4.79 Å². The fraction of sp³-hybridized carbons (Fsp3) is 0.409. The van der Waals surface area contributed by atoms with Crippen molar-refractivity contribution in [2.75, 3.05) is 7.05 Å². The summed E-state index contributed by atoms with van der Waals surface area (Å²) in [6.07, 6.45) is 5.23. The molecule has 26 heavy (non-hydrogen) atoms. The quantitative estimate of drug-likeness (QED) is 0.880. The zero-order valence-corrected chi connectivity index (χ0v) is 16.0. The van der Waals surface area contributed by atoms with Crippen LogP contribution < -0.4 is 5.32 Å². The Morgan fingerprint density at radius 3 is 2.15 bits per heavy atom. The van der Waals surface area contributed by atoms with Crippen molar-refractivity contribution in [2.24, 2.45) is 0 Å². The van der Waals surface area contributed by atoms with Crippen LogP contribution >= 0.6 is 12.4 Å². The maximum absolute atomic E-state index is 12.7. The van der Waals surface area contributed by atoms with Gasteiger partial charge in [0.1, 0.15) is 0 Å². The number of piperidine rings is 1. The lowest BCUT2D eigenvalue weighted by Gasteiger charge is -2.35. The molecule has 2 saturated heterocycles. The van der Waals surface area contributed by atoms with Crippen LogP contribution in [0.2, 0.25) is 0 Å². The van der Waals surface area contributed by atoms with Crippen molar-refractivity contribution in [3.63, 3.8) is 0 Å². The second-order valence-electron chi connectivity index (χ2n) is 7.51. The smallest absolute Gasteiger partial charge is 0.226 e. The second kappa shape index (κ2) is 8.24. The summed E-state index contributed by atoms with van der Waals surface area (Å²) in [7, 11) is 1.98. The van der Waals surface area contributed by atoms with Gasteiger partial charge >= 0.3 is 0 Å². The fourth-order valence-corrected chi connectivity index (χ4v) is 4.29. The third-order valence-corrected chi connectivity index (χ3v) is 5.81. The van der Waals surface area contributed by atoms with Crippen LogP contribution in [0, 0.1) is 0 Å². The highest BCUT2D eigenvalue weighted by atomic mass is 35.5. The first kappa shape index (κ1) is 18.9. The molecule has 0 aliphatic carbocycles. The minimum absolute atomic E-state index is 0. The number of fused-ring (bicyclic) bond motifs is 2. The van der Waals surface area contributed by atoms with Gasteiger partial charge in [0.15, 0.2) is 0 Å². The lowest BCUT2D eigenvalue weighted by Crippen LogP contribution is -2.49. The lowest BCUT2D eigenvalue weighted by atomic mass is 9.97. The molecule has 0 radical (unpaired) electrons. The van der Waals surface area contributed by atoms with Crippen LogP contribution in [0.15, 0.2) is 54.6 Å². The van der Waals surface area contributed by atoms with Gasteiger partial charge in [-0.2, -0.15) is 0 Å². The van der Waals surface area contributed by atoms with E-state index in [1.54, 1.807) is 0 Å². The number of likely N-dealkylation sites (N-methyl/N-ethyl adjacent to an activating group) is 1. The van der Waals surface area contributed by atoms with Gasteiger partial charge in [-0.05, 0) is 42.4 Å². The van der Waals surface area contributed by atoms with Gasteiger partial charge in [-0.1, -0.05) is 54.6 Å². The van der Waals surface area contributed by atoms with Gasteiger partial charge in [0.25, 0.3) is 0 Å². The summed E-state index contributed by atoms with van der Waals surface area (Å²) in [5, 5.41) is 3.65. The van der Waals surface area contributed by atoms with Crippen LogP contribution in [-0.4, -0.2) is 36.0 Å². The minimum atomic E-state index is 0. The van der Waals surface area contributed by atoms with Gasteiger partial charge in [-0.25, -0.2) is 0 Å². The molecule has 3 nitrogen and oxygen atoms in total. The van der Waals surface area contributed by atoms with Crippen LogP contribution in [0.3, 0.4) is 0 Å². The first-order valence-corrected chi connectivity index (χ1v) is 9.35. The van der Waals surface area contributed by atoms with Gasteiger partial charge in [0.05, 0.1) is 6.42 Å². The Kier molecular flexibility index (Phi) is 6.00. The maximum Gasteiger partial charge on any atom is 0.226 e. The predicted octanol–water partition coefficient (Wildman–Crippen LogP) is 4.06. The standard InChI is InChI=1S/C22H26N2O.ClH/c1-24(21-14-19-11-12-20(15-21)23-19)22(25)13-16-7-9-18(10-8-16)17-5-3-2-4-6-17;/h2-10,19-21,23H,11-15H2,1H3;1H. The molecule has 1 N–H and O–H groups in total. The number of nitrogens with one attached hydrogen (secondary N) is 1. The minimum Gasteiger partial charge on any atom is -0.342 e. The Labute approximate surface area is 162 Å². The molecule has 2 atom stereocenters. The van der Waals surface area contributed by atoms with Crippen molar-refractivity contribution in [3.05, 3.63) is 60.2 Å². The highest BCUT2D eigenvalue weighted by molar-refractivity contribution is 5.85. The maximum atomic E-state index is 12.7. The highest BCUT2D eigenvalue weighted by Gasteiger charge is 2.36. The summed E-state index contributed by atoms with van der Waals surface area (Å²) in [5.74, 6) is 0.235. The van der Waals surface area contributed by atoms with Crippen LogP contribution in [0.5, 0.6) is 0 Å². The molecular weight excluding hydrogens is 344 g/mol. The monoisotopic (exact) mass is 370 g/mol. The largest absolute Gasteiger partial charge is 0.342 e. The van der Waals surface area contributed by atoms with E-state index < -0.39 is 0 Å². The average Bonchev–Trinajstić information content (AvgIpc) is 3.00. The van der Waals surface area contributed by atoms with E-state index >= 15 is 0 Å². The van der Waals surface area contributed by atoms with Gasteiger partial charge in [-0.15, -0.1) is 12.4 Å². The average molecular weight is 371 g/mol. The van der Waals surface area contributed by atoms with Crippen molar-refractivity contribution >= 4 is 18.3 Å². The molecule has 2 aromatic carbocycles. The van der Waals surface area contributed by atoms with E-state index in [2.05, 4.69) is 41.7 Å². The second-order valence-corrected chi connectivity index (χ2v) is 7.51. The van der Waals surface area contributed by atoms with Crippen LogP contribution in [-0.2, 0) is 11.2 Å². The molecule has 0 saturated carbocycles. The Bertz CT molecular complexity index is 720. The summed E-state index contributed by atoms with van der Waals surface area (Å²) in [6, 6.07) is 20.4. The molecule has 2 bridgehead atoms. The molecule has 2 heterocycles. The van der Waals surface area contributed by atoms with E-state index in [4.69, 9.17) is 0 Å². The molecule has 2 unspecified atom stereocenters. The number of carbonyl (C=O) groups excluding carboxylic acids is 1. The van der Waals surface area contributed by atoms with E-state index in [-0.39, 0.29) is 18.3 Å². The Balaban J connectivity index is 0.00000196. The van der Waals surface area contributed by atoms with E-state index in [0.717, 1.165) is 18.4 Å². The molecule has 2 aromatic rings. The number of nitrogens with zero attached hydrogens (tertiary/aromatic N) is 1. The third kappa shape index (κ3) is 4.11. The van der Waals surface area contributed by atoms with Crippen molar-refractivity contribution in [1.29, 1.82) is 0 Å². The van der Waals surface area contributed by atoms with Crippen LogP contribution in [0.25, 0.3) is 11.1 Å². The molecule has 2 fully saturated rings. The first-order valence-electron chi connectivity index (χ1n) is 9.35. The van der Waals surface area contributed by atoms with Crippen molar-refractivity contribution in [3.8, 4) is 11.1 Å². The molecule has 4 heteroatoms. The third-order valence-electron chi connectivity index (χ3n) is 5.81. The van der Waals surface area contributed by atoms with Gasteiger partial charge in [0, 0.05) is 25.2 Å². The van der Waals surface area contributed by atoms with Crippen molar-refractivity contribution in [2.45, 2.75) is 50.2 Å². The number of hydrogen-bond acceptors (Lipinski definition) is 2. The zero-order chi connectivity index (χ0) is 17.2. The van der Waals surface area contributed by atoms with Crippen molar-refractivity contribution in [1.82, 2.24) is 10.2 Å². The molecule has 2 aliphatic heterocycles. The topological polar surface area (TPSA) is 32.3 Å². The first-order chi connectivity index (χ1) is 12.2. The van der Waals surface area contributed by atoms with Gasteiger partial charge in [-0.3, -0.25) is 4.79 Å². The van der Waals surface area contributed by atoms with E-state index in [9.17, 15) is 4.79 Å². The molecule has 138 valence electrons. The molecule has 2 aliphatic rings. The molecule has 1 amide bonds. The summed E-state index contributed by atoms with van der Waals surface area (Å²) >= 11 is 0. The molecular formula is C22H27ClN2O. The number of hydrogen-bond donors (Lipinski definition) is 1. The fourth-order valence-electron chi connectivity index (χ4n) is 4.29. The molecule has 4 rings (SSSR count). The number of carbonyl (C=O) groups is 1. The van der Waals surface area contributed by atoms with Gasteiger partial charge in [0.2, 0.25) is 5.91 Å². The van der Waals surface area contributed by atoms with Crippen LogP contribution in [0.1, 0.15) is 31.2 Å². The lowest BCUT2D eigenvalue weighted by molar-refractivity contribution is -0.131. The number of benzene rings is 2. The summed E-state index contributed by atoms with van der Waals surface area (Å²) in [4.78, 5) is 14.7. The number of rotatable bonds is 4. The van der Waals surface area contributed by atoms with Crippen LogP contribution in [0.4, 0.5) is 0 Å². The summed E-state index contributed by atoms with van der Waals surface area (Å²) in [6.45, 7) is 0. The molecule has 0 aromatic heterocycles. The van der Waals surface area contributed by atoms with E-state index in [1.165, 1.54) is 24.0 Å². The number of amides is 1. The van der Waals surface area contributed by atoms with E-state index in [0.29, 0.717) is 24.5 Å². The van der Waals surface area contributed by atoms with Gasteiger partial charge < -0.3 is 10.2 Å². The Morgan fingerprint density at radius 1 is 0.962 bits per heavy atom. The molecule has 0 spiro atoms. The summed E-state index contributed by atoms with van der Waals surface area (Å²) in [5.41, 5.74) is 3.50. The predicted molar refractivity (Wildman–Crippen MR) is 109 cm³/mol. The SMILES string of the molecule is CN(C(=O)Cc1ccc(-c2ccccc2)cc1)C1CC2CCC(C1)N2.Cl. The Morgan fingerprint density at radius 2 is 1.54 bits per heavy atom. The summed E-state index contributed by atoms with van der Waals surface area (Å²) < 4.78 is 0. The normalized spacial score (nSPS) is 24.0.